The van der Waals surface area contributed by atoms with Crippen LogP contribution in [0.15, 0.2) is 40.8 Å². The summed E-state index contributed by atoms with van der Waals surface area (Å²) in [4.78, 5) is 11.9. The standard InChI is InChI=1S/C17H16F3NO3/c1-11-3-7-14(15(9-11)23-10-17(18,19)20)21-16(22)8-6-13-5-4-12(2)24-13/h3-9H,10H2,1-2H3,(H,21,22)/b8-6+. The van der Waals surface area contributed by atoms with Crippen LogP contribution in [0.2, 0.25) is 0 Å². The SMILES string of the molecule is Cc1ccc(NC(=O)/C=C/c2ccc(C)o2)c(OCC(F)(F)F)c1. The zero-order valence-corrected chi connectivity index (χ0v) is 13.1. The van der Waals surface area contributed by atoms with Crippen LogP contribution >= 0.6 is 0 Å². The number of nitrogens with one attached hydrogen (secondary N) is 1. The molecule has 0 aliphatic rings. The molecule has 0 saturated carbocycles. The fourth-order valence-electron chi connectivity index (χ4n) is 1.89. The number of hydrogen-bond donors (Lipinski definition) is 1. The minimum Gasteiger partial charge on any atom is -0.482 e. The summed E-state index contributed by atoms with van der Waals surface area (Å²) in [7, 11) is 0. The fraction of sp³-hybridized carbons (Fsp3) is 0.235. The molecule has 7 heteroatoms. The van der Waals surface area contributed by atoms with Gasteiger partial charge in [-0.1, -0.05) is 6.07 Å². The van der Waals surface area contributed by atoms with Crippen LogP contribution < -0.4 is 10.1 Å². The van der Waals surface area contributed by atoms with Gasteiger partial charge in [0.05, 0.1) is 5.69 Å². The van der Waals surface area contributed by atoms with Crippen LogP contribution in [-0.2, 0) is 4.79 Å². The first kappa shape index (κ1) is 17.7. The Bertz CT molecular complexity index is 748. The molecule has 2 aromatic rings. The van der Waals surface area contributed by atoms with E-state index < -0.39 is 18.7 Å². The van der Waals surface area contributed by atoms with Crippen molar-refractivity contribution in [3.63, 3.8) is 0 Å². The zero-order valence-electron chi connectivity index (χ0n) is 13.1. The topological polar surface area (TPSA) is 51.5 Å². The van der Waals surface area contributed by atoms with Crippen LogP contribution in [-0.4, -0.2) is 18.7 Å². The van der Waals surface area contributed by atoms with E-state index in [9.17, 15) is 18.0 Å². The van der Waals surface area contributed by atoms with Gasteiger partial charge in [0.25, 0.3) is 0 Å². The molecule has 0 radical (unpaired) electrons. The third-order valence-electron chi connectivity index (χ3n) is 2.95. The lowest BCUT2D eigenvalue weighted by Crippen LogP contribution is -2.20. The molecule has 2 rings (SSSR count). The van der Waals surface area contributed by atoms with Gasteiger partial charge >= 0.3 is 6.18 Å². The monoisotopic (exact) mass is 339 g/mol. The van der Waals surface area contributed by atoms with Crippen molar-refractivity contribution in [2.24, 2.45) is 0 Å². The minimum atomic E-state index is -4.46. The van der Waals surface area contributed by atoms with Gasteiger partial charge in [-0.2, -0.15) is 13.2 Å². The number of anilines is 1. The predicted molar refractivity (Wildman–Crippen MR) is 83.8 cm³/mol. The average molecular weight is 339 g/mol. The normalized spacial score (nSPS) is 11.7. The third-order valence-corrected chi connectivity index (χ3v) is 2.95. The van der Waals surface area contributed by atoms with Gasteiger partial charge in [-0.05, 0) is 49.8 Å². The molecule has 1 heterocycles. The molecule has 0 aliphatic heterocycles. The highest BCUT2D eigenvalue weighted by atomic mass is 19.4. The Balaban J connectivity index is 2.07. The van der Waals surface area contributed by atoms with Gasteiger partial charge in [0.2, 0.25) is 5.91 Å². The molecule has 0 spiro atoms. The Hall–Kier alpha value is -2.70. The number of hydrogen-bond acceptors (Lipinski definition) is 3. The molecular weight excluding hydrogens is 323 g/mol. The minimum absolute atomic E-state index is 0.0390. The van der Waals surface area contributed by atoms with E-state index in [-0.39, 0.29) is 11.4 Å². The van der Waals surface area contributed by atoms with Crippen LogP contribution in [0.4, 0.5) is 18.9 Å². The Morgan fingerprint density at radius 3 is 2.62 bits per heavy atom. The second-order valence-electron chi connectivity index (χ2n) is 5.17. The lowest BCUT2D eigenvalue weighted by molar-refractivity contribution is -0.153. The Labute approximate surface area is 136 Å². The van der Waals surface area contributed by atoms with Crippen molar-refractivity contribution in [3.05, 3.63) is 53.5 Å². The quantitative estimate of drug-likeness (QED) is 0.817. The van der Waals surface area contributed by atoms with Crippen molar-refractivity contribution in [1.82, 2.24) is 0 Å². The Morgan fingerprint density at radius 2 is 2.00 bits per heavy atom. The number of carbonyl (C=O) groups excluding carboxylic acids is 1. The maximum absolute atomic E-state index is 12.3. The van der Waals surface area contributed by atoms with Crippen LogP contribution in [0.1, 0.15) is 17.1 Å². The predicted octanol–water partition coefficient (Wildman–Crippen LogP) is 4.49. The summed E-state index contributed by atoms with van der Waals surface area (Å²) in [5, 5.41) is 2.49. The summed E-state index contributed by atoms with van der Waals surface area (Å²) in [6, 6.07) is 8.03. The second kappa shape index (κ2) is 7.25. The molecular formula is C17H16F3NO3. The van der Waals surface area contributed by atoms with E-state index in [1.54, 1.807) is 32.0 Å². The third kappa shape index (κ3) is 5.49. The number of carbonyl (C=O) groups is 1. The van der Waals surface area contributed by atoms with Crippen molar-refractivity contribution in [3.8, 4) is 5.75 Å². The summed E-state index contributed by atoms with van der Waals surface area (Å²) >= 11 is 0. The van der Waals surface area contributed by atoms with E-state index >= 15 is 0 Å². The fourth-order valence-corrected chi connectivity index (χ4v) is 1.89. The number of alkyl halides is 3. The van der Waals surface area contributed by atoms with Crippen molar-refractivity contribution < 1.29 is 27.1 Å². The smallest absolute Gasteiger partial charge is 0.422 e. The number of rotatable bonds is 5. The van der Waals surface area contributed by atoms with Crippen LogP contribution in [0.3, 0.4) is 0 Å². The van der Waals surface area contributed by atoms with Gasteiger partial charge in [-0.25, -0.2) is 0 Å². The molecule has 4 nitrogen and oxygen atoms in total. The molecule has 0 atom stereocenters. The summed E-state index contributed by atoms with van der Waals surface area (Å²) in [6.07, 6.45) is -1.76. The molecule has 1 N–H and O–H groups in total. The molecule has 0 fully saturated rings. The maximum Gasteiger partial charge on any atom is 0.422 e. The number of furan rings is 1. The van der Waals surface area contributed by atoms with Crippen molar-refractivity contribution in [1.29, 1.82) is 0 Å². The Kier molecular flexibility index (Phi) is 5.33. The number of benzene rings is 1. The highest BCUT2D eigenvalue weighted by Crippen LogP contribution is 2.28. The second-order valence-corrected chi connectivity index (χ2v) is 5.17. The average Bonchev–Trinajstić information content (AvgIpc) is 2.90. The molecule has 0 aliphatic carbocycles. The van der Waals surface area contributed by atoms with Crippen LogP contribution in [0, 0.1) is 13.8 Å². The van der Waals surface area contributed by atoms with Crippen molar-refractivity contribution in [2.75, 3.05) is 11.9 Å². The van der Waals surface area contributed by atoms with E-state index in [1.165, 1.54) is 24.3 Å². The molecule has 1 aromatic heterocycles. The lowest BCUT2D eigenvalue weighted by atomic mass is 10.2. The van der Waals surface area contributed by atoms with Gasteiger partial charge in [-0.3, -0.25) is 4.79 Å². The molecule has 0 bridgehead atoms. The number of ether oxygens (including phenoxy) is 1. The number of halogens is 3. The van der Waals surface area contributed by atoms with Crippen molar-refractivity contribution in [2.45, 2.75) is 20.0 Å². The molecule has 0 unspecified atom stereocenters. The Morgan fingerprint density at radius 1 is 1.25 bits per heavy atom. The maximum atomic E-state index is 12.3. The summed E-state index contributed by atoms with van der Waals surface area (Å²) in [6.45, 7) is 2.06. The van der Waals surface area contributed by atoms with E-state index in [0.29, 0.717) is 17.1 Å². The number of aryl methyl sites for hydroxylation is 2. The van der Waals surface area contributed by atoms with Gasteiger partial charge in [0.1, 0.15) is 17.3 Å². The summed E-state index contributed by atoms with van der Waals surface area (Å²) < 4.78 is 47.0. The van der Waals surface area contributed by atoms with Gasteiger partial charge < -0.3 is 14.5 Å². The van der Waals surface area contributed by atoms with Crippen molar-refractivity contribution >= 4 is 17.7 Å². The molecule has 24 heavy (non-hydrogen) atoms. The molecule has 128 valence electrons. The van der Waals surface area contributed by atoms with E-state index in [1.807, 2.05) is 0 Å². The van der Waals surface area contributed by atoms with Crippen LogP contribution in [0.25, 0.3) is 6.08 Å². The first-order valence-electron chi connectivity index (χ1n) is 7.09. The summed E-state index contributed by atoms with van der Waals surface area (Å²) in [5.74, 6) is 0.657. The van der Waals surface area contributed by atoms with Gasteiger partial charge in [0, 0.05) is 6.08 Å². The lowest BCUT2D eigenvalue weighted by Gasteiger charge is -2.14. The van der Waals surface area contributed by atoms with Gasteiger partial charge in [-0.15, -0.1) is 0 Å². The van der Waals surface area contributed by atoms with E-state index in [4.69, 9.17) is 9.15 Å². The number of amides is 1. The van der Waals surface area contributed by atoms with E-state index in [2.05, 4.69) is 5.32 Å². The highest BCUT2D eigenvalue weighted by molar-refractivity contribution is 6.02. The highest BCUT2D eigenvalue weighted by Gasteiger charge is 2.29. The largest absolute Gasteiger partial charge is 0.482 e. The molecule has 1 amide bonds. The summed E-state index contributed by atoms with van der Waals surface area (Å²) in [5.41, 5.74) is 0.877. The molecule has 0 saturated heterocycles. The molecule has 1 aromatic carbocycles. The first-order chi connectivity index (χ1) is 11.2. The van der Waals surface area contributed by atoms with E-state index in [0.717, 1.165) is 0 Å². The van der Waals surface area contributed by atoms with Gasteiger partial charge in [0.15, 0.2) is 6.61 Å². The zero-order chi connectivity index (χ0) is 17.7. The first-order valence-corrected chi connectivity index (χ1v) is 7.09. The van der Waals surface area contributed by atoms with Crippen LogP contribution in [0.5, 0.6) is 5.75 Å².